The third-order valence-corrected chi connectivity index (χ3v) is 5.32. The minimum atomic E-state index is -0.528. The summed E-state index contributed by atoms with van der Waals surface area (Å²) in [6.45, 7) is 6.45. The van der Waals surface area contributed by atoms with Gasteiger partial charge < -0.3 is 5.73 Å². The normalized spacial score (nSPS) is 17.2. The van der Waals surface area contributed by atoms with Gasteiger partial charge in [-0.25, -0.2) is 13.8 Å². The number of aromatic nitrogens is 1. The summed E-state index contributed by atoms with van der Waals surface area (Å²) in [4.78, 5) is 9.89. The number of benzene rings is 1. The van der Waals surface area contributed by atoms with E-state index in [1.807, 2.05) is 13.1 Å². The lowest BCUT2D eigenvalue weighted by molar-refractivity contribution is 0.0887. The molecule has 138 valence electrons. The van der Waals surface area contributed by atoms with Crippen molar-refractivity contribution in [3.63, 3.8) is 0 Å². The summed E-state index contributed by atoms with van der Waals surface area (Å²) >= 11 is 1.52. The Hall–Kier alpha value is -1.28. The number of thiazole rings is 1. The van der Waals surface area contributed by atoms with Crippen molar-refractivity contribution in [2.45, 2.75) is 25.9 Å². The van der Waals surface area contributed by atoms with E-state index in [0.717, 1.165) is 50.1 Å². The Kier molecular flexibility index (Phi) is 7.13. The van der Waals surface area contributed by atoms with Crippen LogP contribution in [0.3, 0.4) is 0 Å². The van der Waals surface area contributed by atoms with E-state index in [1.54, 1.807) is 6.07 Å². The molecular weight excluding hydrogens is 366 g/mol. The maximum atomic E-state index is 14.1. The van der Waals surface area contributed by atoms with Gasteiger partial charge in [-0.3, -0.25) is 9.80 Å². The molecule has 1 atom stereocenters. The lowest BCUT2D eigenvalue weighted by Gasteiger charge is -2.39. The fourth-order valence-electron chi connectivity index (χ4n) is 3.30. The molecule has 2 aromatic rings. The van der Waals surface area contributed by atoms with Gasteiger partial charge in [0.1, 0.15) is 11.6 Å². The predicted molar refractivity (Wildman–Crippen MR) is 100 cm³/mol. The van der Waals surface area contributed by atoms with E-state index in [1.165, 1.54) is 17.4 Å². The molecule has 3 rings (SSSR count). The summed E-state index contributed by atoms with van der Waals surface area (Å²) < 4.78 is 27.3. The highest BCUT2D eigenvalue weighted by molar-refractivity contribution is 7.15. The molecule has 0 aliphatic carbocycles. The third-order valence-electron chi connectivity index (χ3n) is 4.51. The summed E-state index contributed by atoms with van der Waals surface area (Å²) in [5, 5.41) is 0.599. The Morgan fingerprint density at radius 1 is 1.24 bits per heavy atom. The Morgan fingerprint density at radius 2 is 1.96 bits per heavy atom. The number of piperazine rings is 1. The number of hydrogen-bond acceptors (Lipinski definition) is 5. The van der Waals surface area contributed by atoms with E-state index in [4.69, 9.17) is 5.73 Å². The molecule has 1 aliphatic heterocycles. The van der Waals surface area contributed by atoms with Gasteiger partial charge in [-0.15, -0.1) is 23.7 Å². The van der Waals surface area contributed by atoms with Crippen molar-refractivity contribution >= 4 is 28.9 Å². The number of anilines is 1. The Balaban J connectivity index is 0.00000225. The highest BCUT2D eigenvalue weighted by Gasteiger charge is 2.26. The molecule has 0 spiro atoms. The minimum absolute atomic E-state index is 0. The van der Waals surface area contributed by atoms with Gasteiger partial charge in [0.15, 0.2) is 5.13 Å². The van der Waals surface area contributed by atoms with E-state index in [9.17, 15) is 8.78 Å². The molecule has 25 heavy (non-hydrogen) atoms. The summed E-state index contributed by atoms with van der Waals surface area (Å²) in [6.07, 6.45) is 2.63. The zero-order chi connectivity index (χ0) is 17.1. The van der Waals surface area contributed by atoms with Gasteiger partial charge in [-0.2, -0.15) is 0 Å². The number of nitrogen functional groups attached to an aromatic ring is 1. The summed E-state index contributed by atoms with van der Waals surface area (Å²) in [7, 11) is 0. The summed E-state index contributed by atoms with van der Waals surface area (Å²) in [5.74, 6) is -0.982. The van der Waals surface area contributed by atoms with Crippen molar-refractivity contribution in [1.82, 2.24) is 14.8 Å². The number of hydrogen-bond donors (Lipinski definition) is 1. The second-order valence-corrected chi connectivity index (χ2v) is 7.21. The Labute approximate surface area is 157 Å². The molecule has 1 fully saturated rings. The topological polar surface area (TPSA) is 45.4 Å². The first-order valence-electron chi connectivity index (χ1n) is 8.18. The van der Waals surface area contributed by atoms with Gasteiger partial charge in [0.05, 0.1) is 0 Å². The van der Waals surface area contributed by atoms with Crippen LogP contribution in [0.1, 0.15) is 29.8 Å². The molecule has 0 saturated carbocycles. The smallest absolute Gasteiger partial charge is 0.180 e. The quantitative estimate of drug-likeness (QED) is 0.848. The van der Waals surface area contributed by atoms with E-state index >= 15 is 0 Å². The zero-order valence-corrected chi connectivity index (χ0v) is 15.8. The van der Waals surface area contributed by atoms with E-state index in [-0.39, 0.29) is 18.4 Å². The van der Waals surface area contributed by atoms with Crippen LogP contribution in [0, 0.1) is 11.6 Å². The van der Waals surface area contributed by atoms with Gasteiger partial charge in [-0.1, -0.05) is 13.0 Å². The van der Waals surface area contributed by atoms with E-state index in [2.05, 4.69) is 14.8 Å². The van der Waals surface area contributed by atoms with Crippen LogP contribution < -0.4 is 5.73 Å². The van der Waals surface area contributed by atoms with Crippen LogP contribution in [-0.4, -0.2) is 41.0 Å². The molecule has 0 amide bonds. The van der Waals surface area contributed by atoms with Gasteiger partial charge in [0.2, 0.25) is 0 Å². The maximum absolute atomic E-state index is 14.1. The molecule has 1 saturated heterocycles. The number of nitrogens with two attached hydrogens (primary N) is 1. The zero-order valence-electron chi connectivity index (χ0n) is 14.1. The lowest BCUT2D eigenvalue weighted by atomic mass is 10.0. The van der Waals surface area contributed by atoms with Gasteiger partial charge >= 0.3 is 0 Å². The van der Waals surface area contributed by atoms with E-state index in [0.29, 0.717) is 10.7 Å². The van der Waals surface area contributed by atoms with Crippen LogP contribution in [0.15, 0.2) is 24.4 Å². The first-order valence-corrected chi connectivity index (χ1v) is 9.00. The highest BCUT2D eigenvalue weighted by Crippen LogP contribution is 2.28. The number of halogens is 3. The molecule has 2 N–H and O–H groups in total. The molecule has 0 radical (unpaired) electrons. The van der Waals surface area contributed by atoms with Crippen LogP contribution in [0.25, 0.3) is 0 Å². The summed E-state index contributed by atoms with van der Waals surface area (Å²) in [5.41, 5.74) is 6.26. The van der Waals surface area contributed by atoms with Crippen LogP contribution in [0.4, 0.5) is 13.9 Å². The van der Waals surface area contributed by atoms with Crippen molar-refractivity contribution in [3.8, 4) is 0 Å². The van der Waals surface area contributed by atoms with Crippen molar-refractivity contribution in [2.24, 2.45) is 0 Å². The average molecular weight is 389 g/mol. The fraction of sp³-hybridized carbons (Fsp3) is 0.471. The Morgan fingerprint density at radius 3 is 2.52 bits per heavy atom. The fourth-order valence-corrected chi connectivity index (χ4v) is 4.02. The second kappa shape index (κ2) is 8.89. The van der Waals surface area contributed by atoms with Crippen molar-refractivity contribution in [1.29, 1.82) is 0 Å². The minimum Gasteiger partial charge on any atom is -0.375 e. The molecule has 4 nitrogen and oxygen atoms in total. The molecule has 1 unspecified atom stereocenters. The van der Waals surface area contributed by atoms with Gasteiger partial charge in [0, 0.05) is 61.5 Å². The van der Waals surface area contributed by atoms with Crippen LogP contribution in [0.2, 0.25) is 0 Å². The predicted octanol–water partition coefficient (Wildman–Crippen LogP) is 3.69. The summed E-state index contributed by atoms with van der Waals surface area (Å²) in [6, 6.07) is 3.88. The molecule has 2 heterocycles. The molecule has 1 aliphatic rings. The number of nitrogens with zero attached hydrogens (tertiary/aromatic N) is 3. The Bertz CT molecular complexity index is 689. The van der Waals surface area contributed by atoms with Crippen molar-refractivity contribution < 1.29 is 8.78 Å². The van der Waals surface area contributed by atoms with Gasteiger partial charge in [-0.05, 0) is 12.5 Å². The monoisotopic (exact) mass is 388 g/mol. The highest BCUT2D eigenvalue weighted by atomic mass is 35.5. The maximum Gasteiger partial charge on any atom is 0.180 e. The molecule has 1 aromatic heterocycles. The lowest BCUT2D eigenvalue weighted by Crippen LogP contribution is -2.47. The average Bonchev–Trinajstić information content (AvgIpc) is 2.96. The molecule has 1 aromatic carbocycles. The largest absolute Gasteiger partial charge is 0.375 e. The van der Waals surface area contributed by atoms with Crippen LogP contribution >= 0.6 is 23.7 Å². The van der Waals surface area contributed by atoms with Crippen molar-refractivity contribution in [3.05, 3.63) is 46.5 Å². The van der Waals surface area contributed by atoms with E-state index < -0.39 is 11.6 Å². The third kappa shape index (κ3) is 4.88. The first kappa shape index (κ1) is 20.0. The molecule has 8 heteroatoms. The van der Waals surface area contributed by atoms with Crippen LogP contribution in [0.5, 0.6) is 0 Å². The SMILES string of the molecule is CCC(c1ccc(F)cc1F)N1CCN(Cc2cnc(N)s2)CC1.Cl. The van der Waals surface area contributed by atoms with Crippen molar-refractivity contribution in [2.75, 3.05) is 31.9 Å². The van der Waals surface area contributed by atoms with Gasteiger partial charge in [0.25, 0.3) is 0 Å². The molecule has 0 bridgehead atoms. The first-order chi connectivity index (χ1) is 11.6. The standard InChI is InChI=1S/C17H22F2N4S.ClH/c1-2-16(14-4-3-12(18)9-15(14)19)23-7-5-22(6-8-23)11-13-10-21-17(20)24-13;/h3-4,9-10,16H,2,5-8,11H2,1H3,(H2,20,21);1H. The number of rotatable bonds is 5. The molecular formula is C17H23ClF2N4S. The second-order valence-electron chi connectivity index (χ2n) is 6.07. The van der Waals surface area contributed by atoms with Crippen LogP contribution in [-0.2, 0) is 6.54 Å².